The van der Waals surface area contributed by atoms with Gasteiger partial charge < -0.3 is 28.6 Å². The molecule has 0 aliphatic carbocycles. The quantitative estimate of drug-likeness (QED) is 0.141. The van der Waals surface area contributed by atoms with Crippen molar-refractivity contribution in [3.8, 4) is 28.5 Å². The van der Waals surface area contributed by atoms with Gasteiger partial charge in [0.05, 0.1) is 29.4 Å². The van der Waals surface area contributed by atoms with Gasteiger partial charge in [0.25, 0.3) is 0 Å². The van der Waals surface area contributed by atoms with Crippen molar-refractivity contribution in [1.82, 2.24) is 25.6 Å². The van der Waals surface area contributed by atoms with Crippen molar-refractivity contribution in [2.45, 2.75) is 52.5 Å². The van der Waals surface area contributed by atoms with E-state index in [2.05, 4.69) is 20.6 Å². The van der Waals surface area contributed by atoms with Gasteiger partial charge in [0, 0.05) is 63.5 Å². The largest absolute Gasteiger partial charge is 0.500 e. The summed E-state index contributed by atoms with van der Waals surface area (Å²) in [6, 6.07) is 15.8. The Bertz CT molecular complexity index is 1080. The molecule has 3 aromatic heterocycles. The number of rotatable bonds is 19. The second kappa shape index (κ2) is 18.1. The molecule has 2 N–H and O–H groups in total. The average molecular weight is 582 g/mol. The summed E-state index contributed by atoms with van der Waals surface area (Å²) in [5.74, 6) is 0.726. The summed E-state index contributed by atoms with van der Waals surface area (Å²) < 4.78 is 23.7. The molecule has 0 atom stereocenters. The molecule has 41 heavy (non-hydrogen) atoms. The van der Waals surface area contributed by atoms with E-state index in [1.165, 1.54) is 0 Å². The molecular weight excluding hydrogens is 538 g/mol. The minimum absolute atomic E-state index is 0.168. The molecule has 2 amide bonds. The predicted molar refractivity (Wildman–Crippen MR) is 162 cm³/mol. The van der Waals surface area contributed by atoms with Crippen molar-refractivity contribution in [1.29, 1.82) is 0 Å². The van der Waals surface area contributed by atoms with Crippen LogP contribution >= 0.6 is 0 Å². The molecule has 222 valence electrons. The first-order valence-corrected chi connectivity index (χ1v) is 16.4. The number of amides is 2. The first-order valence-electron chi connectivity index (χ1n) is 14.5. The van der Waals surface area contributed by atoms with Crippen LogP contribution in [0.15, 0.2) is 60.9 Å². The van der Waals surface area contributed by atoms with Crippen molar-refractivity contribution >= 4 is 14.8 Å². The molecule has 3 aromatic rings. The molecule has 0 saturated carbocycles. The van der Waals surface area contributed by atoms with E-state index >= 15 is 0 Å². The molecule has 0 radical (unpaired) electrons. The highest BCUT2D eigenvalue weighted by atomic mass is 28.4. The third-order valence-electron chi connectivity index (χ3n) is 6.07. The number of nitrogens with zero attached hydrogens (tertiary/aromatic N) is 3. The Kier molecular flexibility index (Phi) is 14.2. The molecule has 11 heteroatoms. The molecule has 0 saturated heterocycles. The Morgan fingerprint density at radius 1 is 0.732 bits per heavy atom. The van der Waals surface area contributed by atoms with Crippen molar-refractivity contribution in [3.05, 3.63) is 60.9 Å². The fraction of sp³-hybridized carbons (Fsp3) is 0.467. The van der Waals surface area contributed by atoms with Crippen LogP contribution in [0, 0.1) is 0 Å². The first kappa shape index (κ1) is 32.1. The number of hydrogen-bond acceptors (Lipinski definition) is 8. The van der Waals surface area contributed by atoms with E-state index in [0.717, 1.165) is 54.2 Å². The van der Waals surface area contributed by atoms with Gasteiger partial charge in [-0.05, 0) is 70.7 Å². The van der Waals surface area contributed by atoms with Crippen LogP contribution in [0.4, 0.5) is 4.79 Å². The lowest BCUT2D eigenvalue weighted by molar-refractivity contribution is 0.0708. The van der Waals surface area contributed by atoms with Gasteiger partial charge in [-0.25, -0.2) is 9.78 Å². The van der Waals surface area contributed by atoms with E-state index in [1.54, 1.807) is 12.4 Å². The third-order valence-corrected chi connectivity index (χ3v) is 9.22. The Morgan fingerprint density at radius 3 is 1.80 bits per heavy atom. The number of unbranched alkanes of at least 4 members (excludes halogenated alkanes) is 2. The minimum atomic E-state index is -2.67. The number of aromatic nitrogens is 3. The molecule has 0 spiro atoms. The summed E-state index contributed by atoms with van der Waals surface area (Å²) in [5, 5.41) is 5.83. The van der Waals surface area contributed by atoms with Gasteiger partial charge in [0.2, 0.25) is 0 Å². The summed E-state index contributed by atoms with van der Waals surface area (Å²) in [4.78, 5) is 25.8. The number of carbonyl (C=O) groups excluding carboxylic acids is 1. The molecule has 0 aliphatic heterocycles. The zero-order valence-corrected chi connectivity index (χ0v) is 25.4. The second-order valence-electron chi connectivity index (χ2n) is 9.18. The summed E-state index contributed by atoms with van der Waals surface area (Å²) >= 11 is 0. The van der Waals surface area contributed by atoms with E-state index in [1.807, 2.05) is 69.3 Å². The minimum Gasteiger partial charge on any atom is -0.493 e. The monoisotopic (exact) mass is 581 g/mol. The van der Waals surface area contributed by atoms with Crippen molar-refractivity contribution in [2.24, 2.45) is 0 Å². The fourth-order valence-corrected chi connectivity index (χ4v) is 6.86. The van der Waals surface area contributed by atoms with E-state index in [9.17, 15) is 4.79 Å². The highest BCUT2D eigenvalue weighted by molar-refractivity contribution is 6.60. The van der Waals surface area contributed by atoms with Gasteiger partial charge in [0.15, 0.2) is 0 Å². The molecule has 0 fully saturated rings. The van der Waals surface area contributed by atoms with Gasteiger partial charge >= 0.3 is 14.8 Å². The average Bonchev–Trinajstić information content (AvgIpc) is 3.00. The Hall–Kier alpha value is -3.38. The van der Waals surface area contributed by atoms with Crippen LogP contribution in [0.5, 0.6) is 5.75 Å². The Morgan fingerprint density at radius 2 is 1.29 bits per heavy atom. The predicted octanol–water partition coefficient (Wildman–Crippen LogP) is 5.49. The molecule has 0 aromatic carbocycles. The standard InChI is InChI=1S/C30H43N5O5Si/c1-4-38-41(39-5-2,40-6-3)22-14-20-34-30(36)33-19-10-7-13-21-37-25-23-28(26-15-8-11-17-31-26)35-29(24-25)27-16-9-12-18-32-27/h8-9,11-12,15-18,23-24H,4-7,10,13-14,19-22H2,1-3H3,(H2,33,34,36). The molecule has 0 bridgehead atoms. The van der Waals surface area contributed by atoms with Crippen LogP contribution in [-0.2, 0) is 13.3 Å². The van der Waals surface area contributed by atoms with Crippen LogP contribution < -0.4 is 15.4 Å². The molecule has 10 nitrogen and oxygen atoms in total. The summed E-state index contributed by atoms with van der Waals surface area (Å²) in [6.07, 6.45) is 6.88. The van der Waals surface area contributed by atoms with E-state index < -0.39 is 8.80 Å². The van der Waals surface area contributed by atoms with Crippen LogP contribution in [0.2, 0.25) is 6.04 Å². The SMILES string of the molecule is CCO[Si](CCCNC(=O)NCCCCCOc1cc(-c2ccccn2)nc(-c2ccccn2)c1)(OCC)OCC. The topological polar surface area (TPSA) is 117 Å². The molecule has 0 aliphatic rings. The van der Waals surface area contributed by atoms with Gasteiger partial charge in [-0.15, -0.1) is 0 Å². The number of carbonyl (C=O) groups is 1. The summed E-state index contributed by atoms with van der Waals surface area (Å²) in [5.41, 5.74) is 3.03. The summed E-state index contributed by atoms with van der Waals surface area (Å²) in [6.45, 7) is 9.16. The van der Waals surface area contributed by atoms with Crippen LogP contribution in [0.3, 0.4) is 0 Å². The number of urea groups is 1. The highest BCUT2D eigenvalue weighted by Gasteiger charge is 2.39. The smallest absolute Gasteiger partial charge is 0.493 e. The summed E-state index contributed by atoms with van der Waals surface area (Å²) in [7, 11) is -2.67. The van der Waals surface area contributed by atoms with Crippen molar-refractivity contribution in [2.75, 3.05) is 39.5 Å². The number of ether oxygens (including phenoxy) is 1. The van der Waals surface area contributed by atoms with E-state index in [-0.39, 0.29) is 6.03 Å². The zero-order valence-electron chi connectivity index (χ0n) is 24.4. The van der Waals surface area contributed by atoms with Crippen LogP contribution in [-0.4, -0.2) is 69.3 Å². The maximum Gasteiger partial charge on any atom is 0.500 e. The van der Waals surface area contributed by atoms with Gasteiger partial charge in [-0.3, -0.25) is 9.97 Å². The van der Waals surface area contributed by atoms with Crippen LogP contribution in [0.1, 0.15) is 46.5 Å². The maximum atomic E-state index is 12.2. The van der Waals surface area contributed by atoms with Crippen LogP contribution in [0.25, 0.3) is 22.8 Å². The van der Waals surface area contributed by atoms with Gasteiger partial charge in [-0.2, -0.15) is 0 Å². The third kappa shape index (κ3) is 11.2. The van der Waals surface area contributed by atoms with Gasteiger partial charge in [0.1, 0.15) is 5.75 Å². The molecule has 3 rings (SSSR count). The highest BCUT2D eigenvalue weighted by Crippen LogP contribution is 2.26. The maximum absolute atomic E-state index is 12.2. The second-order valence-corrected chi connectivity index (χ2v) is 11.9. The fourth-order valence-electron chi connectivity index (χ4n) is 4.25. The Labute approximate surface area is 244 Å². The lowest BCUT2D eigenvalue weighted by Crippen LogP contribution is -2.46. The zero-order chi connectivity index (χ0) is 29.2. The number of nitrogens with one attached hydrogen (secondary N) is 2. The van der Waals surface area contributed by atoms with Gasteiger partial charge in [-0.1, -0.05) is 12.1 Å². The Balaban J connectivity index is 1.37. The van der Waals surface area contributed by atoms with Crippen molar-refractivity contribution in [3.63, 3.8) is 0 Å². The van der Waals surface area contributed by atoms with Crippen molar-refractivity contribution < 1.29 is 22.8 Å². The first-order chi connectivity index (χ1) is 20.1. The number of pyridine rings is 3. The normalized spacial score (nSPS) is 11.3. The molecular formula is C30H43N5O5Si. The lowest BCUT2D eigenvalue weighted by atomic mass is 10.2. The van der Waals surface area contributed by atoms with E-state index in [0.29, 0.717) is 45.6 Å². The lowest BCUT2D eigenvalue weighted by Gasteiger charge is -2.28. The van der Waals surface area contributed by atoms with E-state index in [4.69, 9.17) is 23.0 Å². The molecule has 0 unspecified atom stereocenters. The number of hydrogen-bond donors (Lipinski definition) is 2. The molecule has 3 heterocycles.